The van der Waals surface area contributed by atoms with E-state index in [1.54, 1.807) is 6.07 Å². The molecular formula is C12H9N3O3. The number of pyridine rings is 1. The average molecular weight is 243 g/mol. The van der Waals surface area contributed by atoms with E-state index in [0.717, 1.165) is 11.1 Å². The Morgan fingerprint density at radius 3 is 2.89 bits per heavy atom. The lowest BCUT2D eigenvalue weighted by molar-refractivity contribution is 0.0999. The molecule has 1 aromatic carbocycles. The third-order valence-electron chi connectivity index (χ3n) is 2.91. The Morgan fingerprint density at radius 2 is 2.17 bits per heavy atom. The second-order valence-corrected chi connectivity index (χ2v) is 4.05. The molecule has 6 nitrogen and oxygen atoms in total. The largest absolute Gasteiger partial charge is 0.365 e. The lowest BCUT2D eigenvalue weighted by Gasteiger charge is -2.00. The van der Waals surface area contributed by atoms with Crippen molar-refractivity contribution < 1.29 is 9.32 Å². The van der Waals surface area contributed by atoms with Crippen LogP contribution in [0.2, 0.25) is 0 Å². The van der Waals surface area contributed by atoms with Gasteiger partial charge in [0, 0.05) is 10.8 Å². The van der Waals surface area contributed by atoms with Gasteiger partial charge in [0.25, 0.3) is 11.5 Å². The molecule has 3 aromatic rings. The molecule has 2 aromatic heterocycles. The van der Waals surface area contributed by atoms with Crippen molar-refractivity contribution in [2.24, 2.45) is 5.73 Å². The van der Waals surface area contributed by atoms with Crippen molar-refractivity contribution in [2.75, 3.05) is 0 Å². The van der Waals surface area contributed by atoms with Gasteiger partial charge < -0.3 is 15.2 Å². The standard InChI is InChI=1S/C12H9N3O3/c1-5-6-2-3-9-7(10(6)18-15-5)4-8(11(13)16)12(17)14-9/h2-4H,1H3,(H2,13,16)(H,14,17). The number of aromatic nitrogens is 2. The molecule has 0 aliphatic rings. The highest BCUT2D eigenvalue weighted by Gasteiger charge is 2.13. The molecule has 0 saturated carbocycles. The van der Waals surface area contributed by atoms with Crippen molar-refractivity contribution in [2.45, 2.75) is 6.92 Å². The average Bonchev–Trinajstić information content (AvgIpc) is 2.70. The lowest BCUT2D eigenvalue weighted by Crippen LogP contribution is -2.23. The number of nitrogens with zero attached hydrogens (tertiary/aromatic N) is 1. The highest BCUT2D eigenvalue weighted by atomic mass is 16.5. The molecule has 18 heavy (non-hydrogen) atoms. The van der Waals surface area contributed by atoms with Gasteiger partial charge in [0.15, 0.2) is 5.58 Å². The number of carbonyl (C=O) groups is 1. The number of hydrogen-bond acceptors (Lipinski definition) is 4. The number of primary amides is 1. The highest BCUT2D eigenvalue weighted by Crippen LogP contribution is 2.25. The maximum absolute atomic E-state index is 11.6. The van der Waals surface area contributed by atoms with Crippen LogP contribution >= 0.6 is 0 Å². The number of aryl methyl sites for hydroxylation is 1. The first kappa shape index (κ1) is 10.5. The van der Waals surface area contributed by atoms with Crippen molar-refractivity contribution in [1.82, 2.24) is 10.1 Å². The Bertz CT molecular complexity index is 845. The van der Waals surface area contributed by atoms with Gasteiger partial charge in [0.05, 0.1) is 11.2 Å². The summed E-state index contributed by atoms with van der Waals surface area (Å²) in [6.07, 6.45) is 0. The molecule has 0 radical (unpaired) electrons. The topological polar surface area (TPSA) is 102 Å². The Kier molecular flexibility index (Phi) is 2.00. The van der Waals surface area contributed by atoms with E-state index in [0.29, 0.717) is 16.5 Å². The first-order chi connectivity index (χ1) is 8.58. The van der Waals surface area contributed by atoms with Crippen molar-refractivity contribution >= 4 is 27.8 Å². The fourth-order valence-electron chi connectivity index (χ4n) is 1.98. The van der Waals surface area contributed by atoms with Crippen molar-refractivity contribution in [3.05, 3.63) is 39.8 Å². The summed E-state index contributed by atoms with van der Waals surface area (Å²) in [5.41, 5.74) is 6.41. The molecule has 3 N–H and O–H groups in total. The van der Waals surface area contributed by atoms with E-state index in [4.69, 9.17) is 10.3 Å². The minimum atomic E-state index is -0.772. The molecule has 0 bridgehead atoms. The molecule has 0 saturated heterocycles. The number of benzene rings is 1. The van der Waals surface area contributed by atoms with Gasteiger partial charge in [-0.05, 0) is 25.1 Å². The fourth-order valence-corrected chi connectivity index (χ4v) is 1.98. The first-order valence-corrected chi connectivity index (χ1v) is 5.30. The van der Waals surface area contributed by atoms with E-state index >= 15 is 0 Å². The van der Waals surface area contributed by atoms with E-state index in [-0.39, 0.29) is 5.56 Å². The number of fused-ring (bicyclic) bond motifs is 3. The van der Waals surface area contributed by atoms with Crippen molar-refractivity contribution in [3.8, 4) is 0 Å². The Balaban J connectivity index is 2.53. The van der Waals surface area contributed by atoms with Gasteiger partial charge in [0.2, 0.25) is 0 Å². The highest BCUT2D eigenvalue weighted by molar-refractivity contribution is 6.06. The van der Waals surface area contributed by atoms with Crippen molar-refractivity contribution in [3.63, 3.8) is 0 Å². The van der Waals surface area contributed by atoms with E-state index < -0.39 is 11.5 Å². The van der Waals surface area contributed by atoms with E-state index in [2.05, 4.69) is 10.1 Å². The maximum atomic E-state index is 11.6. The van der Waals surface area contributed by atoms with Crippen LogP contribution in [0.3, 0.4) is 0 Å². The summed E-state index contributed by atoms with van der Waals surface area (Å²) in [6, 6.07) is 4.99. The van der Waals surface area contributed by atoms with Gasteiger partial charge in [-0.3, -0.25) is 9.59 Å². The zero-order chi connectivity index (χ0) is 12.9. The van der Waals surface area contributed by atoms with Crippen LogP contribution in [-0.4, -0.2) is 16.0 Å². The second kappa shape index (κ2) is 3.43. The van der Waals surface area contributed by atoms with Gasteiger partial charge in [0.1, 0.15) is 5.56 Å². The van der Waals surface area contributed by atoms with E-state index in [1.807, 2.05) is 13.0 Å². The predicted molar refractivity (Wildman–Crippen MR) is 65.4 cm³/mol. The number of rotatable bonds is 1. The van der Waals surface area contributed by atoms with Crippen LogP contribution < -0.4 is 11.3 Å². The smallest absolute Gasteiger partial charge is 0.261 e. The van der Waals surface area contributed by atoms with Crippen LogP contribution in [0.15, 0.2) is 27.5 Å². The summed E-state index contributed by atoms with van der Waals surface area (Å²) >= 11 is 0. The molecule has 3 rings (SSSR count). The summed E-state index contributed by atoms with van der Waals surface area (Å²) < 4.78 is 5.21. The number of amides is 1. The molecule has 0 unspecified atom stereocenters. The molecule has 6 heteroatoms. The van der Waals surface area contributed by atoms with Crippen molar-refractivity contribution in [1.29, 1.82) is 0 Å². The number of hydrogen-bond donors (Lipinski definition) is 2. The number of carbonyl (C=O) groups excluding carboxylic acids is 1. The predicted octanol–water partition coefficient (Wildman–Crippen LogP) is 1.08. The molecule has 90 valence electrons. The Labute approximate surface area is 100 Å². The van der Waals surface area contributed by atoms with Crippen LogP contribution in [-0.2, 0) is 0 Å². The van der Waals surface area contributed by atoms with Crippen LogP contribution in [0.1, 0.15) is 16.1 Å². The van der Waals surface area contributed by atoms with Crippen LogP contribution in [0, 0.1) is 6.92 Å². The van der Waals surface area contributed by atoms with Gasteiger partial charge in [-0.25, -0.2) is 0 Å². The van der Waals surface area contributed by atoms with Crippen LogP contribution in [0.5, 0.6) is 0 Å². The number of aromatic amines is 1. The Hall–Kier alpha value is -2.63. The molecule has 0 spiro atoms. The van der Waals surface area contributed by atoms with Gasteiger partial charge in [-0.2, -0.15) is 0 Å². The fraction of sp³-hybridized carbons (Fsp3) is 0.0833. The molecule has 0 aliphatic carbocycles. The summed E-state index contributed by atoms with van der Waals surface area (Å²) in [6.45, 7) is 1.82. The third kappa shape index (κ3) is 1.32. The molecule has 1 amide bonds. The first-order valence-electron chi connectivity index (χ1n) is 5.30. The van der Waals surface area contributed by atoms with Crippen LogP contribution in [0.4, 0.5) is 0 Å². The number of H-pyrrole nitrogens is 1. The second-order valence-electron chi connectivity index (χ2n) is 4.05. The van der Waals surface area contributed by atoms with Gasteiger partial charge in [-0.15, -0.1) is 0 Å². The number of nitrogens with two attached hydrogens (primary N) is 1. The zero-order valence-corrected chi connectivity index (χ0v) is 9.48. The van der Waals surface area contributed by atoms with Crippen LogP contribution in [0.25, 0.3) is 21.9 Å². The Morgan fingerprint density at radius 1 is 1.39 bits per heavy atom. The molecule has 2 heterocycles. The molecule has 0 fully saturated rings. The monoisotopic (exact) mass is 243 g/mol. The molecular weight excluding hydrogens is 234 g/mol. The summed E-state index contributed by atoms with van der Waals surface area (Å²) in [4.78, 5) is 25.4. The summed E-state index contributed by atoms with van der Waals surface area (Å²) in [5, 5.41) is 5.31. The molecule has 0 aliphatic heterocycles. The zero-order valence-electron chi connectivity index (χ0n) is 9.48. The maximum Gasteiger partial charge on any atom is 0.261 e. The number of nitrogens with one attached hydrogen (secondary N) is 1. The summed E-state index contributed by atoms with van der Waals surface area (Å²) in [7, 11) is 0. The van der Waals surface area contributed by atoms with E-state index in [9.17, 15) is 9.59 Å². The normalized spacial score (nSPS) is 11.2. The van der Waals surface area contributed by atoms with Gasteiger partial charge >= 0.3 is 0 Å². The minimum absolute atomic E-state index is 0.0935. The molecule has 0 atom stereocenters. The van der Waals surface area contributed by atoms with Gasteiger partial charge in [-0.1, -0.05) is 5.16 Å². The quantitative estimate of drug-likeness (QED) is 0.667. The van der Waals surface area contributed by atoms with E-state index in [1.165, 1.54) is 6.07 Å². The third-order valence-corrected chi connectivity index (χ3v) is 2.91. The SMILES string of the molecule is Cc1noc2c1ccc1[nH]c(=O)c(C(N)=O)cc12. The summed E-state index contributed by atoms with van der Waals surface area (Å²) in [5.74, 6) is -0.772. The minimum Gasteiger partial charge on any atom is -0.365 e. The lowest BCUT2D eigenvalue weighted by atomic mass is 10.1.